The Morgan fingerprint density at radius 1 is 1.09 bits per heavy atom. The molecule has 1 amide bonds. The number of fused-ring (bicyclic) bond motifs is 1. The van der Waals surface area contributed by atoms with Gasteiger partial charge in [0.25, 0.3) is 5.91 Å². The molecule has 0 aliphatic heterocycles. The highest BCUT2D eigenvalue weighted by Crippen LogP contribution is 2.29. The normalized spacial score (nSPS) is 11.7. The maximum absolute atomic E-state index is 13.5. The van der Waals surface area contributed by atoms with Crippen molar-refractivity contribution in [2.75, 3.05) is 5.73 Å². The van der Waals surface area contributed by atoms with Crippen molar-refractivity contribution in [3.05, 3.63) is 81.1 Å². The molecule has 0 saturated carbocycles. The number of nitrogen functional groups attached to an aromatic ring is 1. The first kappa shape index (κ1) is 23.6. The topological polar surface area (TPSA) is 85.0 Å². The molecular weight excluding hydrogens is 463 g/mol. The maximum Gasteiger partial charge on any atom is 0.417 e. The van der Waals surface area contributed by atoms with Crippen molar-refractivity contribution in [1.82, 2.24) is 19.9 Å². The summed E-state index contributed by atoms with van der Waals surface area (Å²) in [4.78, 5) is 27.9. The fraction of sp³-hybridized carbons (Fsp3) is 0.250. The predicted octanol–water partition coefficient (Wildman–Crippen LogP) is 5.40. The van der Waals surface area contributed by atoms with Crippen molar-refractivity contribution in [3.63, 3.8) is 0 Å². The fourth-order valence-electron chi connectivity index (χ4n) is 3.44. The van der Waals surface area contributed by atoms with E-state index in [0.29, 0.717) is 22.6 Å². The number of benzene rings is 1. The minimum absolute atomic E-state index is 0.0368. The van der Waals surface area contributed by atoms with Gasteiger partial charge in [-0.15, -0.1) is 11.3 Å². The molecule has 0 aliphatic carbocycles. The number of hydrogen-bond donors (Lipinski definition) is 1. The molecular formula is C24H22F3N5OS. The molecule has 176 valence electrons. The van der Waals surface area contributed by atoms with Crippen LogP contribution in [0.15, 0.2) is 48.0 Å². The second-order valence-corrected chi connectivity index (χ2v) is 8.82. The number of carbonyl (C=O) groups excluding carboxylic acids is 1. The van der Waals surface area contributed by atoms with Crippen LogP contribution in [0, 0.1) is 6.92 Å². The number of pyridine rings is 2. The highest BCUT2D eigenvalue weighted by molar-refractivity contribution is 7.09. The van der Waals surface area contributed by atoms with Crippen LogP contribution < -0.4 is 5.73 Å². The van der Waals surface area contributed by atoms with Crippen LogP contribution in [0.5, 0.6) is 0 Å². The maximum atomic E-state index is 13.5. The van der Waals surface area contributed by atoms with Crippen molar-refractivity contribution in [2.45, 2.75) is 39.5 Å². The Kier molecular flexibility index (Phi) is 6.52. The summed E-state index contributed by atoms with van der Waals surface area (Å²) >= 11 is 1.44. The molecule has 0 atom stereocenters. The second-order valence-electron chi connectivity index (χ2n) is 7.88. The van der Waals surface area contributed by atoms with Gasteiger partial charge in [0.2, 0.25) is 0 Å². The summed E-state index contributed by atoms with van der Waals surface area (Å²) in [5.74, 6) is 0.142. The predicted molar refractivity (Wildman–Crippen MR) is 125 cm³/mol. The van der Waals surface area contributed by atoms with Crippen molar-refractivity contribution >= 4 is 34.0 Å². The number of halogens is 3. The van der Waals surface area contributed by atoms with Crippen LogP contribution in [0.1, 0.15) is 44.8 Å². The Labute approximate surface area is 198 Å². The van der Waals surface area contributed by atoms with Crippen LogP contribution in [0.3, 0.4) is 0 Å². The first-order valence-electron chi connectivity index (χ1n) is 10.6. The van der Waals surface area contributed by atoms with Gasteiger partial charge < -0.3 is 10.6 Å². The number of anilines is 1. The van der Waals surface area contributed by atoms with E-state index in [-0.39, 0.29) is 19.0 Å². The Hall–Kier alpha value is -3.53. The van der Waals surface area contributed by atoms with Crippen molar-refractivity contribution in [1.29, 1.82) is 0 Å². The fourth-order valence-corrected chi connectivity index (χ4v) is 4.33. The quantitative estimate of drug-likeness (QED) is 0.395. The number of amides is 1. The number of rotatable bonds is 6. The van der Waals surface area contributed by atoms with E-state index in [0.717, 1.165) is 40.3 Å². The van der Waals surface area contributed by atoms with Crippen molar-refractivity contribution in [3.8, 4) is 0 Å². The molecule has 3 heterocycles. The first-order chi connectivity index (χ1) is 16.1. The molecule has 10 heteroatoms. The largest absolute Gasteiger partial charge is 0.417 e. The summed E-state index contributed by atoms with van der Waals surface area (Å²) in [5, 5.41) is 3.44. The van der Waals surface area contributed by atoms with Crippen LogP contribution in [-0.4, -0.2) is 25.8 Å². The Morgan fingerprint density at radius 2 is 1.88 bits per heavy atom. The van der Waals surface area contributed by atoms with Crippen LogP contribution >= 0.6 is 11.3 Å². The van der Waals surface area contributed by atoms with Crippen LogP contribution in [0.2, 0.25) is 0 Å². The van der Waals surface area contributed by atoms with Crippen LogP contribution in [0.4, 0.5) is 19.0 Å². The van der Waals surface area contributed by atoms with E-state index in [1.807, 2.05) is 25.3 Å². The highest BCUT2D eigenvalue weighted by Gasteiger charge is 2.30. The van der Waals surface area contributed by atoms with Gasteiger partial charge in [0, 0.05) is 22.5 Å². The summed E-state index contributed by atoms with van der Waals surface area (Å²) in [6.07, 6.45) is -2.92. The van der Waals surface area contributed by atoms with E-state index in [1.165, 1.54) is 22.3 Å². The van der Waals surface area contributed by atoms with Gasteiger partial charge in [0.15, 0.2) is 0 Å². The lowest BCUT2D eigenvalue weighted by Crippen LogP contribution is -2.30. The molecule has 0 aliphatic rings. The molecule has 4 rings (SSSR count). The smallest absolute Gasteiger partial charge is 0.383 e. The minimum atomic E-state index is -4.47. The summed E-state index contributed by atoms with van der Waals surface area (Å²) in [6, 6.07) is 9.26. The van der Waals surface area contributed by atoms with Gasteiger partial charge in [-0.3, -0.25) is 9.78 Å². The third-order valence-corrected chi connectivity index (χ3v) is 6.25. The van der Waals surface area contributed by atoms with E-state index in [9.17, 15) is 18.0 Å². The SMILES string of the molecule is CCc1csc(CN(Cc2ccc(C(F)(F)F)cn2)C(=O)c2ccc3nc(N)c(C)cc3c2)n1. The number of carbonyl (C=O) groups is 1. The van der Waals surface area contributed by atoms with Gasteiger partial charge in [-0.25, -0.2) is 9.97 Å². The van der Waals surface area contributed by atoms with E-state index in [2.05, 4.69) is 15.0 Å². The number of aryl methyl sites for hydroxylation is 2. The zero-order valence-electron chi connectivity index (χ0n) is 18.6. The summed E-state index contributed by atoms with van der Waals surface area (Å²) in [7, 11) is 0. The first-order valence-corrected chi connectivity index (χ1v) is 11.4. The van der Waals surface area contributed by atoms with E-state index in [1.54, 1.807) is 18.2 Å². The number of alkyl halides is 3. The van der Waals surface area contributed by atoms with Gasteiger partial charge in [0.1, 0.15) is 10.8 Å². The van der Waals surface area contributed by atoms with E-state index >= 15 is 0 Å². The highest BCUT2D eigenvalue weighted by atomic mass is 32.1. The Balaban J connectivity index is 1.65. The molecule has 6 nitrogen and oxygen atoms in total. The number of thiazole rings is 1. The number of hydrogen-bond acceptors (Lipinski definition) is 6. The molecule has 0 spiro atoms. The standard InChI is InChI=1S/C24H22F3N5OS/c1-3-18-13-34-21(30-18)12-32(11-19-6-5-17(10-29-19)24(25,26)27)23(33)15-4-7-20-16(9-15)8-14(2)22(28)31-20/h4-10,13H,3,11-12H2,1-2H3,(H2,28,31). The lowest BCUT2D eigenvalue weighted by atomic mass is 10.1. The summed E-state index contributed by atoms with van der Waals surface area (Å²) < 4.78 is 38.7. The molecule has 1 aromatic carbocycles. The van der Waals surface area contributed by atoms with Gasteiger partial charge in [-0.1, -0.05) is 6.92 Å². The van der Waals surface area contributed by atoms with Crippen LogP contribution in [-0.2, 0) is 25.7 Å². The van der Waals surface area contributed by atoms with Gasteiger partial charge in [0.05, 0.1) is 35.6 Å². The summed E-state index contributed by atoms with van der Waals surface area (Å²) in [6.45, 7) is 4.08. The number of nitrogens with zero attached hydrogens (tertiary/aromatic N) is 4. The second kappa shape index (κ2) is 9.38. The van der Waals surface area contributed by atoms with Crippen molar-refractivity contribution < 1.29 is 18.0 Å². The molecule has 0 radical (unpaired) electrons. The van der Waals surface area contributed by atoms with Gasteiger partial charge in [-0.2, -0.15) is 13.2 Å². The van der Waals surface area contributed by atoms with Crippen molar-refractivity contribution in [2.24, 2.45) is 0 Å². The number of aromatic nitrogens is 3. The van der Waals surface area contributed by atoms with Crippen LogP contribution in [0.25, 0.3) is 10.9 Å². The van der Waals surface area contributed by atoms with E-state index < -0.39 is 11.7 Å². The average Bonchev–Trinajstić information content (AvgIpc) is 3.26. The number of nitrogens with two attached hydrogens (primary N) is 1. The molecule has 2 N–H and O–H groups in total. The third-order valence-electron chi connectivity index (χ3n) is 5.37. The molecule has 0 bridgehead atoms. The monoisotopic (exact) mass is 485 g/mol. The van der Waals surface area contributed by atoms with E-state index in [4.69, 9.17) is 5.73 Å². The molecule has 34 heavy (non-hydrogen) atoms. The zero-order chi connectivity index (χ0) is 24.5. The molecule has 0 saturated heterocycles. The Bertz CT molecular complexity index is 1330. The summed E-state index contributed by atoms with van der Waals surface area (Å²) in [5.41, 5.74) is 8.22. The average molecular weight is 486 g/mol. The zero-order valence-corrected chi connectivity index (χ0v) is 19.4. The minimum Gasteiger partial charge on any atom is -0.383 e. The molecule has 3 aromatic heterocycles. The lowest BCUT2D eigenvalue weighted by Gasteiger charge is -2.22. The third kappa shape index (κ3) is 5.17. The molecule has 0 unspecified atom stereocenters. The molecule has 0 fully saturated rings. The van der Waals surface area contributed by atoms with Gasteiger partial charge in [-0.05, 0) is 55.3 Å². The van der Waals surface area contributed by atoms with Gasteiger partial charge >= 0.3 is 6.18 Å². The lowest BCUT2D eigenvalue weighted by molar-refractivity contribution is -0.137. The Morgan fingerprint density at radius 3 is 2.53 bits per heavy atom. The molecule has 4 aromatic rings.